The van der Waals surface area contributed by atoms with Crippen LogP contribution in [-0.2, 0) is 17.8 Å². The van der Waals surface area contributed by atoms with Crippen molar-refractivity contribution < 1.29 is 23.4 Å². The molecule has 1 amide bonds. The molecule has 0 saturated heterocycles. The predicted octanol–water partition coefficient (Wildman–Crippen LogP) is 2.18. The quantitative estimate of drug-likeness (QED) is 0.330. The van der Waals surface area contributed by atoms with Crippen LogP contribution >= 0.6 is 11.8 Å². The molecular formula is C21H24FN5O4S. The number of carbonyl (C=O) groups excluding carboxylic acids is 1. The van der Waals surface area contributed by atoms with Crippen LogP contribution in [0, 0.1) is 5.82 Å². The molecule has 0 fully saturated rings. The molecule has 9 nitrogen and oxygen atoms in total. The Kier molecular flexibility index (Phi) is 8.14. The molecule has 0 saturated carbocycles. The second-order valence-corrected chi connectivity index (χ2v) is 7.53. The zero-order chi connectivity index (χ0) is 22.9. The van der Waals surface area contributed by atoms with Gasteiger partial charge in [-0.1, -0.05) is 17.8 Å². The van der Waals surface area contributed by atoms with Gasteiger partial charge in [0.1, 0.15) is 18.2 Å². The van der Waals surface area contributed by atoms with Crippen molar-refractivity contribution in [3.05, 3.63) is 59.7 Å². The van der Waals surface area contributed by atoms with Crippen molar-refractivity contribution in [3.8, 4) is 17.2 Å². The van der Waals surface area contributed by atoms with Gasteiger partial charge in [-0.25, -0.2) is 9.07 Å². The number of halogens is 1. The number of nitrogens with one attached hydrogen (secondary N) is 1. The summed E-state index contributed by atoms with van der Waals surface area (Å²) in [4.78, 5) is 12.2. The smallest absolute Gasteiger partial charge is 0.230 e. The summed E-state index contributed by atoms with van der Waals surface area (Å²) < 4.78 is 30.2. The third kappa shape index (κ3) is 6.27. The molecule has 3 N–H and O–H groups in total. The number of ether oxygens (including phenoxy) is 3. The Morgan fingerprint density at radius 2 is 1.88 bits per heavy atom. The molecule has 0 unspecified atom stereocenters. The van der Waals surface area contributed by atoms with Gasteiger partial charge in [0.2, 0.25) is 11.1 Å². The summed E-state index contributed by atoms with van der Waals surface area (Å²) >= 11 is 1.17. The molecular weight excluding hydrogens is 437 g/mol. The van der Waals surface area contributed by atoms with Crippen LogP contribution in [0.4, 0.5) is 4.39 Å². The number of aromatic nitrogens is 3. The SMILES string of the molecule is COc1ccc(CCNC(=O)CSc2nnc(COc3ccc(F)cc3)n2N)cc1OC. The highest BCUT2D eigenvalue weighted by molar-refractivity contribution is 7.99. The van der Waals surface area contributed by atoms with Gasteiger partial charge < -0.3 is 25.4 Å². The van der Waals surface area contributed by atoms with Crippen molar-refractivity contribution in [3.63, 3.8) is 0 Å². The summed E-state index contributed by atoms with van der Waals surface area (Å²) in [7, 11) is 3.16. The van der Waals surface area contributed by atoms with Crippen molar-refractivity contribution in [1.29, 1.82) is 0 Å². The zero-order valence-electron chi connectivity index (χ0n) is 17.7. The molecule has 3 rings (SSSR count). The lowest BCUT2D eigenvalue weighted by Crippen LogP contribution is -2.27. The lowest BCUT2D eigenvalue weighted by molar-refractivity contribution is -0.118. The minimum absolute atomic E-state index is 0.0627. The second kappa shape index (κ2) is 11.2. The van der Waals surface area contributed by atoms with Gasteiger partial charge in [-0.05, 0) is 48.4 Å². The minimum Gasteiger partial charge on any atom is -0.493 e. The Bertz CT molecular complexity index is 1050. The average Bonchev–Trinajstić information content (AvgIpc) is 3.16. The van der Waals surface area contributed by atoms with Crippen LogP contribution in [0.2, 0.25) is 0 Å². The largest absolute Gasteiger partial charge is 0.493 e. The number of hydrogen-bond acceptors (Lipinski definition) is 8. The molecule has 0 aliphatic rings. The topological polar surface area (TPSA) is 114 Å². The molecule has 170 valence electrons. The molecule has 3 aromatic rings. The Balaban J connectivity index is 1.42. The van der Waals surface area contributed by atoms with E-state index in [0.717, 1.165) is 5.56 Å². The molecule has 0 aliphatic heterocycles. The van der Waals surface area contributed by atoms with Crippen LogP contribution in [0.5, 0.6) is 17.2 Å². The molecule has 32 heavy (non-hydrogen) atoms. The molecule has 11 heteroatoms. The third-order valence-corrected chi connectivity index (χ3v) is 5.38. The van der Waals surface area contributed by atoms with Gasteiger partial charge in [0, 0.05) is 6.54 Å². The van der Waals surface area contributed by atoms with E-state index in [2.05, 4.69) is 15.5 Å². The monoisotopic (exact) mass is 461 g/mol. The summed E-state index contributed by atoms with van der Waals surface area (Å²) in [5, 5.41) is 11.2. The van der Waals surface area contributed by atoms with Gasteiger partial charge in [-0.2, -0.15) is 0 Å². The average molecular weight is 462 g/mol. The molecule has 2 aromatic carbocycles. The molecule has 0 atom stereocenters. The van der Waals surface area contributed by atoms with Crippen molar-refractivity contribution >= 4 is 17.7 Å². The third-order valence-electron chi connectivity index (χ3n) is 4.43. The van der Waals surface area contributed by atoms with Gasteiger partial charge in [0.15, 0.2) is 17.3 Å². The molecule has 0 radical (unpaired) electrons. The first-order valence-corrected chi connectivity index (χ1v) is 10.7. The number of benzene rings is 2. The fourth-order valence-corrected chi connectivity index (χ4v) is 3.45. The van der Waals surface area contributed by atoms with Crippen molar-refractivity contribution in [2.75, 3.05) is 32.4 Å². The first-order chi connectivity index (χ1) is 15.5. The lowest BCUT2D eigenvalue weighted by Gasteiger charge is -2.10. The number of carbonyl (C=O) groups is 1. The van der Waals surface area contributed by atoms with E-state index in [1.165, 1.54) is 40.7 Å². The van der Waals surface area contributed by atoms with Crippen LogP contribution in [-0.4, -0.2) is 47.3 Å². The summed E-state index contributed by atoms with van der Waals surface area (Å²) in [5.41, 5.74) is 1.02. The van der Waals surface area contributed by atoms with E-state index in [4.69, 9.17) is 20.1 Å². The van der Waals surface area contributed by atoms with Gasteiger partial charge >= 0.3 is 0 Å². The molecule has 1 heterocycles. The van der Waals surface area contributed by atoms with Gasteiger partial charge in [-0.3, -0.25) is 4.79 Å². The highest BCUT2D eigenvalue weighted by Gasteiger charge is 2.13. The van der Waals surface area contributed by atoms with Crippen LogP contribution in [0.3, 0.4) is 0 Å². The van der Waals surface area contributed by atoms with E-state index in [0.29, 0.717) is 41.2 Å². The van der Waals surface area contributed by atoms with E-state index in [-0.39, 0.29) is 24.1 Å². The fraction of sp³-hybridized carbons (Fsp3) is 0.286. The fourth-order valence-electron chi connectivity index (χ4n) is 2.75. The van der Waals surface area contributed by atoms with Crippen LogP contribution in [0.1, 0.15) is 11.4 Å². The number of hydrogen-bond donors (Lipinski definition) is 2. The normalized spacial score (nSPS) is 10.6. The highest BCUT2D eigenvalue weighted by atomic mass is 32.2. The standard InChI is InChI=1S/C21H24FN5O4S/c1-29-17-8-3-14(11-18(17)30-2)9-10-24-20(28)13-32-21-26-25-19(27(21)23)12-31-16-6-4-15(22)5-7-16/h3-8,11H,9-10,12-13,23H2,1-2H3,(H,24,28). The first-order valence-electron chi connectivity index (χ1n) is 9.68. The maximum Gasteiger partial charge on any atom is 0.230 e. The van der Waals surface area contributed by atoms with Crippen molar-refractivity contribution in [2.24, 2.45) is 0 Å². The molecule has 0 bridgehead atoms. The zero-order valence-corrected chi connectivity index (χ0v) is 18.5. The summed E-state index contributed by atoms with van der Waals surface area (Å²) in [5.74, 6) is 7.79. The molecule has 0 spiro atoms. The number of nitrogens with zero attached hydrogens (tertiary/aromatic N) is 3. The number of methoxy groups -OCH3 is 2. The van der Waals surface area contributed by atoms with Crippen LogP contribution < -0.4 is 25.4 Å². The summed E-state index contributed by atoms with van der Waals surface area (Å²) in [6, 6.07) is 11.3. The van der Waals surface area contributed by atoms with Gasteiger partial charge in [0.05, 0.1) is 20.0 Å². The molecule has 0 aliphatic carbocycles. The van der Waals surface area contributed by atoms with E-state index in [1.54, 1.807) is 14.2 Å². The number of amides is 1. The predicted molar refractivity (Wildman–Crippen MR) is 118 cm³/mol. The van der Waals surface area contributed by atoms with Crippen molar-refractivity contribution in [1.82, 2.24) is 20.2 Å². The van der Waals surface area contributed by atoms with Crippen LogP contribution in [0.25, 0.3) is 0 Å². The Labute approximate surface area is 189 Å². The maximum atomic E-state index is 12.9. The Hall–Kier alpha value is -3.47. The number of nitrogens with two attached hydrogens (primary N) is 1. The summed E-state index contributed by atoms with van der Waals surface area (Å²) in [6.45, 7) is 0.536. The van der Waals surface area contributed by atoms with E-state index in [1.807, 2.05) is 18.2 Å². The van der Waals surface area contributed by atoms with Crippen LogP contribution in [0.15, 0.2) is 47.6 Å². The van der Waals surface area contributed by atoms with E-state index >= 15 is 0 Å². The molecule has 1 aromatic heterocycles. The minimum atomic E-state index is -0.347. The van der Waals surface area contributed by atoms with Crippen molar-refractivity contribution in [2.45, 2.75) is 18.2 Å². The number of nitrogen functional groups attached to an aromatic ring is 1. The Morgan fingerprint density at radius 1 is 1.12 bits per heavy atom. The van der Waals surface area contributed by atoms with Gasteiger partial charge in [0.25, 0.3) is 0 Å². The Morgan fingerprint density at radius 3 is 2.59 bits per heavy atom. The van der Waals surface area contributed by atoms with E-state index < -0.39 is 0 Å². The first kappa shape index (κ1) is 23.2. The maximum absolute atomic E-state index is 12.9. The number of thioether (sulfide) groups is 1. The van der Waals surface area contributed by atoms with E-state index in [9.17, 15) is 9.18 Å². The summed E-state index contributed by atoms with van der Waals surface area (Å²) in [6.07, 6.45) is 0.648. The highest BCUT2D eigenvalue weighted by Crippen LogP contribution is 2.27. The van der Waals surface area contributed by atoms with Gasteiger partial charge in [-0.15, -0.1) is 10.2 Å². The number of rotatable bonds is 11. The second-order valence-electron chi connectivity index (χ2n) is 6.59. The lowest BCUT2D eigenvalue weighted by atomic mass is 10.1.